The lowest BCUT2D eigenvalue weighted by Gasteiger charge is -2.16. The standard InChI is InChI=1S/C7H13F3O/c1-2-3-4-6(5-11)7(8,9)10/h6,11H,2-5H2,1H3/t6-/m0/s1. The van der Waals surface area contributed by atoms with Crippen molar-refractivity contribution in [2.24, 2.45) is 5.92 Å². The summed E-state index contributed by atoms with van der Waals surface area (Å²) in [6.45, 7) is 1.04. The Labute approximate surface area is 64.2 Å². The predicted molar refractivity (Wildman–Crippen MR) is 36.2 cm³/mol. The molecule has 0 aliphatic rings. The van der Waals surface area contributed by atoms with E-state index < -0.39 is 18.7 Å². The SMILES string of the molecule is CCCC[C@@H](CO)C(F)(F)F. The second-order valence-corrected chi connectivity index (χ2v) is 2.56. The summed E-state index contributed by atoms with van der Waals surface area (Å²) in [7, 11) is 0. The van der Waals surface area contributed by atoms with Gasteiger partial charge in [-0.15, -0.1) is 0 Å². The third-order valence-electron chi connectivity index (χ3n) is 1.59. The molecule has 0 radical (unpaired) electrons. The summed E-state index contributed by atoms with van der Waals surface area (Å²) in [5, 5.41) is 8.37. The van der Waals surface area contributed by atoms with Crippen molar-refractivity contribution in [3.05, 3.63) is 0 Å². The molecular weight excluding hydrogens is 157 g/mol. The Kier molecular flexibility index (Phi) is 4.49. The molecule has 68 valence electrons. The number of rotatable bonds is 4. The quantitative estimate of drug-likeness (QED) is 0.686. The van der Waals surface area contributed by atoms with Gasteiger partial charge in [-0.3, -0.25) is 0 Å². The van der Waals surface area contributed by atoms with Gasteiger partial charge in [0.25, 0.3) is 0 Å². The third-order valence-corrected chi connectivity index (χ3v) is 1.59. The van der Waals surface area contributed by atoms with Crippen LogP contribution in [0.15, 0.2) is 0 Å². The Hall–Kier alpha value is -0.250. The van der Waals surface area contributed by atoms with Gasteiger partial charge in [-0.25, -0.2) is 0 Å². The van der Waals surface area contributed by atoms with Crippen LogP contribution in [-0.4, -0.2) is 17.9 Å². The molecule has 0 heterocycles. The van der Waals surface area contributed by atoms with Gasteiger partial charge >= 0.3 is 6.18 Å². The van der Waals surface area contributed by atoms with Crippen LogP contribution in [0.25, 0.3) is 0 Å². The van der Waals surface area contributed by atoms with Gasteiger partial charge in [0.05, 0.1) is 12.5 Å². The van der Waals surface area contributed by atoms with Crippen molar-refractivity contribution in [3.8, 4) is 0 Å². The van der Waals surface area contributed by atoms with E-state index in [2.05, 4.69) is 0 Å². The van der Waals surface area contributed by atoms with Crippen molar-refractivity contribution in [3.63, 3.8) is 0 Å². The number of alkyl halides is 3. The van der Waals surface area contributed by atoms with Crippen LogP contribution < -0.4 is 0 Å². The Morgan fingerprint density at radius 1 is 1.36 bits per heavy atom. The van der Waals surface area contributed by atoms with Crippen LogP contribution in [0.3, 0.4) is 0 Å². The van der Waals surface area contributed by atoms with E-state index in [1.165, 1.54) is 0 Å². The van der Waals surface area contributed by atoms with E-state index in [4.69, 9.17) is 5.11 Å². The highest BCUT2D eigenvalue weighted by Gasteiger charge is 2.38. The fourth-order valence-corrected chi connectivity index (χ4v) is 0.809. The average molecular weight is 170 g/mol. The summed E-state index contributed by atoms with van der Waals surface area (Å²) < 4.78 is 35.7. The Balaban J connectivity index is 3.76. The zero-order valence-electron chi connectivity index (χ0n) is 6.49. The molecule has 0 saturated carbocycles. The summed E-state index contributed by atoms with van der Waals surface area (Å²) in [5.41, 5.74) is 0. The molecule has 0 aromatic heterocycles. The van der Waals surface area contributed by atoms with Gasteiger partial charge in [-0.1, -0.05) is 19.8 Å². The molecule has 0 amide bonds. The summed E-state index contributed by atoms with van der Waals surface area (Å²) >= 11 is 0. The molecule has 0 bridgehead atoms. The molecule has 0 spiro atoms. The first-order valence-corrected chi connectivity index (χ1v) is 3.70. The number of halogens is 3. The van der Waals surface area contributed by atoms with Crippen LogP contribution in [0.1, 0.15) is 26.2 Å². The molecule has 1 N–H and O–H groups in total. The monoisotopic (exact) mass is 170 g/mol. The first kappa shape index (κ1) is 10.8. The molecule has 1 atom stereocenters. The summed E-state index contributed by atoms with van der Waals surface area (Å²) in [5.74, 6) is -1.53. The summed E-state index contributed by atoms with van der Waals surface area (Å²) in [4.78, 5) is 0. The maximum atomic E-state index is 11.9. The van der Waals surface area contributed by atoms with Gasteiger partial charge in [0.15, 0.2) is 0 Å². The minimum absolute atomic E-state index is 0.0382. The van der Waals surface area contributed by atoms with Crippen LogP contribution in [0.2, 0.25) is 0 Å². The first-order valence-electron chi connectivity index (χ1n) is 3.70. The number of aliphatic hydroxyl groups is 1. The van der Waals surface area contributed by atoms with Crippen molar-refractivity contribution in [2.75, 3.05) is 6.61 Å². The van der Waals surface area contributed by atoms with Crippen molar-refractivity contribution in [1.29, 1.82) is 0 Å². The van der Waals surface area contributed by atoms with Crippen LogP contribution in [-0.2, 0) is 0 Å². The average Bonchev–Trinajstić information content (AvgIpc) is 1.87. The Bertz CT molecular complexity index is 100. The van der Waals surface area contributed by atoms with Gasteiger partial charge in [-0.05, 0) is 6.42 Å². The van der Waals surface area contributed by atoms with Crippen molar-refractivity contribution in [2.45, 2.75) is 32.4 Å². The van der Waals surface area contributed by atoms with Gasteiger partial charge in [0.2, 0.25) is 0 Å². The predicted octanol–water partition coefficient (Wildman–Crippen LogP) is 2.35. The van der Waals surface area contributed by atoms with Crippen molar-refractivity contribution in [1.82, 2.24) is 0 Å². The first-order chi connectivity index (χ1) is 5.02. The number of hydrogen-bond acceptors (Lipinski definition) is 1. The number of hydrogen-bond donors (Lipinski definition) is 1. The van der Waals surface area contributed by atoms with E-state index in [1.807, 2.05) is 6.92 Å². The van der Waals surface area contributed by atoms with Crippen LogP contribution in [0.4, 0.5) is 13.2 Å². The minimum atomic E-state index is -4.23. The molecule has 0 aromatic rings. The van der Waals surface area contributed by atoms with Gasteiger partial charge in [0.1, 0.15) is 0 Å². The fourth-order valence-electron chi connectivity index (χ4n) is 0.809. The highest BCUT2D eigenvalue weighted by Crippen LogP contribution is 2.29. The molecule has 0 aliphatic carbocycles. The van der Waals surface area contributed by atoms with Crippen LogP contribution >= 0.6 is 0 Å². The Morgan fingerprint density at radius 3 is 2.18 bits per heavy atom. The Morgan fingerprint density at radius 2 is 1.91 bits per heavy atom. The number of unbranched alkanes of at least 4 members (excludes halogenated alkanes) is 1. The fraction of sp³-hybridized carbons (Fsp3) is 1.00. The lowest BCUT2D eigenvalue weighted by Crippen LogP contribution is -2.25. The molecule has 0 saturated heterocycles. The summed E-state index contributed by atoms with van der Waals surface area (Å²) in [6.07, 6.45) is -2.95. The smallest absolute Gasteiger partial charge is 0.394 e. The van der Waals surface area contributed by atoms with E-state index in [0.717, 1.165) is 6.42 Å². The zero-order valence-corrected chi connectivity index (χ0v) is 6.49. The van der Waals surface area contributed by atoms with Gasteiger partial charge < -0.3 is 5.11 Å². The van der Waals surface area contributed by atoms with E-state index in [9.17, 15) is 13.2 Å². The maximum Gasteiger partial charge on any atom is 0.394 e. The number of aliphatic hydroxyl groups excluding tert-OH is 1. The highest BCUT2D eigenvalue weighted by atomic mass is 19.4. The lowest BCUT2D eigenvalue weighted by atomic mass is 10.0. The molecule has 0 aliphatic heterocycles. The molecule has 0 fully saturated rings. The molecule has 1 nitrogen and oxygen atoms in total. The molecule has 4 heteroatoms. The lowest BCUT2D eigenvalue weighted by molar-refractivity contribution is -0.185. The largest absolute Gasteiger partial charge is 0.396 e. The van der Waals surface area contributed by atoms with Crippen molar-refractivity contribution < 1.29 is 18.3 Å². The third kappa shape index (κ3) is 4.24. The normalized spacial score (nSPS) is 15.0. The van der Waals surface area contributed by atoms with Gasteiger partial charge in [-0.2, -0.15) is 13.2 Å². The molecule has 0 unspecified atom stereocenters. The van der Waals surface area contributed by atoms with Gasteiger partial charge in [0, 0.05) is 0 Å². The van der Waals surface area contributed by atoms with E-state index in [0.29, 0.717) is 6.42 Å². The molecule has 0 rings (SSSR count). The summed E-state index contributed by atoms with van der Waals surface area (Å²) in [6, 6.07) is 0. The molecule has 11 heavy (non-hydrogen) atoms. The minimum Gasteiger partial charge on any atom is -0.396 e. The van der Waals surface area contributed by atoms with Crippen molar-refractivity contribution >= 4 is 0 Å². The van der Waals surface area contributed by atoms with Crippen LogP contribution in [0.5, 0.6) is 0 Å². The van der Waals surface area contributed by atoms with Crippen LogP contribution in [0, 0.1) is 5.92 Å². The second-order valence-electron chi connectivity index (χ2n) is 2.56. The zero-order chi connectivity index (χ0) is 8.91. The van der Waals surface area contributed by atoms with E-state index >= 15 is 0 Å². The topological polar surface area (TPSA) is 20.2 Å². The highest BCUT2D eigenvalue weighted by molar-refractivity contribution is 4.65. The van der Waals surface area contributed by atoms with E-state index in [-0.39, 0.29) is 6.42 Å². The molecule has 0 aromatic carbocycles. The van der Waals surface area contributed by atoms with E-state index in [1.54, 1.807) is 0 Å². The molecular formula is C7H13F3O. The maximum absolute atomic E-state index is 11.9. The second kappa shape index (κ2) is 4.59.